The highest BCUT2D eigenvalue weighted by Gasteiger charge is 2.30. The van der Waals surface area contributed by atoms with Crippen LogP contribution in [0.15, 0.2) is 46.4 Å². The fourth-order valence-electron chi connectivity index (χ4n) is 3.32. The zero-order valence-electron chi connectivity index (χ0n) is 19.8. The number of para-hydroxylation sites is 1. The zero-order chi connectivity index (χ0) is 23.0. The molecule has 0 aromatic heterocycles. The maximum absolute atomic E-state index is 13.6. The van der Waals surface area contributed by atoms with Crippen molar-refractivity contribution in [3.63, 3.8) is 0 Å². The molecule has 0 spiro atoms. The summed E-state index contributed by atoms with van der Waals surface area (Å²) in [7, 11) is -2.67. The lowest BCUT2D eigenvalue weighted by Crippen LogP contribution is -2.46. The number of hydrogen-bond donors (Lipinski definition) is 1. The lowest BCUT2D eigenvalue weighted by atomic mass is 9.92. The lowest BCUT2D eigenvalue weighted by Gasteiger charge is -2.37. The van der Waals surface area contributed by atoms with Gasteiger partial charge in [-0.25, -0.2) is 8.51 Å². The first-order valence-corrected chi connectivity index (χ1v) is 12.9. The number of rotatable bonds is 8. The minimum absolute atomic E-state index is 0.182. The fourth-order valence-corrected chi connectivity index (χ4v) is 5.26. The predicted octanol–water partition coefficient (Wildman–Crippen LogP) is 5.27. The number of hydrogen-bond acceptors (Lipinski definition) is 4. The lowest BCUT2D eigenvalue weighted by molar-refractivity contribution is 0.210. The molecule has 0 radical (unpaired) electrons. The van der Waals surface area contributed by atoms with Crippen molar-refractivity contribution in [2.24, 2.45) is 10.7 Å². The highest BCUT2D eigenvalue weighted by molar-refractivity contribution is 8.01. The molecular formula is C24H43N3O2S. The molecule has 1 aliphatic carbocycles. The van der Waals surface area contributed by atoms with Crippen LogP contribution >= 0.6 is 0 Å². The molecule has 1 aromatic carbocycles. The van der Waals surface area contributed by atoms with Crippen molar-refractivity contribution in [3.05, 3.63) is 41.4 Å². The topological polar surface area (TPSA) is 67.9 Å². The first kappa shape index (κ1) is 28.4. The Morgan fingerprint density at radius 2 is 1.73 bits per heavy atom. The van der Waals surface area contributed by atoms with E-state index in [0.717, 1.165) is 31.4 Å². The molecule has 2 rings (SSSR count). The Morgan fingerprint density at radius 3 is 2.23 bits per heavy atom. The summed E-state index contributed by atoms with van der Waals surface area (Å²) in [5.74, 6) is 4.88. The second kappa shape index (κ2) is 16.1. The second-order valence-electron chi connectivity index (χ2n) is 6.53. The van der Waals surface area contributed by atoms with Gasteiger partial charge in [0, 0.05) is 24.8 Å². The average Bonchev–Trinajstić information content (AvgIpc) is 2.79. The third-order valence-corrected chi connectivity index (χ3v) is 6.91. The summed E-state index contributed by atoms with van der Waals surface area (Å²) in [6, 6.07) is 10.1. The minimum atomic E-state index is -2.67. The van der Waals surface area contributed by atoms with Crippen LogP contribution in [-0.2, 0) is 9.71 Å². The van der Waals surface area contributed by atoms with Gasteiger partial charge in [0.05, 0.1) is 9.71 Å². The molecule has 5 nitrogen and oxygen atoms in total. The van der Waals surface area contributed by atoms with Crippen molar-refractivity contribution in [2.45, 2.75) is 79.3 Å². The second-order valence-corrected chi connectivity index (χ2v) is 8.69. The maximum atomic E-state index is 13.6. The predicted molar refractivity (Wildman–Crippen MR) is 135 cm³/mol. The van der Waals surface area contributed by atoms with Gasteiger partial charge >= 0.3 is 0 Å². The molecule has 1 aromatic rings. The van der Waals surface area contributed by atoms with Gasteiger partial charge in [0.1, 0.15) is 17.4 Å². The number of benzene rings is 1. The van der Waals surface area contributed by atoms with E-state index in [1.54, 1.807) is 12.3 Å². The van der Waals surface area contributed by atoms with Crippen molar-refractivity contribution >= 4 is 21.8 Å². The Balaban J connectivity index is 0.00000198. The monoisotopic (exact) mass is 437 g/mol. The van der Waals surface area contributed by atoms with Crippen molar-refractivity contribution in [1.82, 2.24) is 4.31 Å². The van der Waals surface area contributed by atoms with Gasteiger partial charge in [-0.3, -0.25) is 4.99 Å². The third kappa shape index (κ3) is 9.02. The smallest absolute Gasteiger partial charge is 0.128 e. The van der Waals surface area contributed by atoms with Crippen LogP contribution < -0.4 is 10.5 Å². The van der Waals surface area contributed by atoms with Crippen LogP contribution in [0.3, 0.4) is 0 Å². The molecule has 172 valence electrons. The fraction of sp³-hybridized carbons (Fsp3) is 0.583. The summed E-state index contributed by atoms with van der Waals surface area (Å²) < 4.78 is 21.4. The summed E-state index contributed by atoms with van der Waals surface area (Å²) in [5, 5.41) is 0.523. The van der Waals surface area contributed by atoms with Crippen molar-refractivity contribution in [1.29, 1.82) is 0 Å². The standard InChI is InChI=1S/C20H31N3O2S.2C2H6/c1-4-20(22-5-2)26(3,24)23(18-13-11-17(21)12-14-18)15-16-25-19-9-7-6-8-10-19;2*1-2/h4-10,17-18H,3,11-16,21H2,1-2H3;2*1-2H3/b20-4+,22-5-;;. The molecule has 0 saturated heterocycles. The van der Waals surface area contributed by atoms with E-state index >= 15 is 0 Å². The minimum Gasteiger partial charge on any atom is -0.492 e. The van der Waals surface area contributed by atoms with Crippen LogP contribution in [-0.4, -0.2) is 45.8 Å². The number of aliphatic imine (C=N–C) groups is 1. The Labute approximate surface area is 185 Å². The van der Waals surface area contributed by atoms with E-state index in [4.69, 9.17) is 10.5 Å². The van der Waals surface area contributed by atoms with E-state index in [1.807, 2.05) is 76.2 Å². The SMILES string of the molecule is C=S(=O)(C(=C/C)/N=C\C)N(CCOc1ccccc1)C1CCC(N)CC1.CC.CC. The van der Waals surface area contributed by atoms with E-state index in [-0.39, 0.29) is 12.1 Å². The largest absolute Gasteiger partial charge is 0.492 e. The molecule has 0 amide bonds. The van der Waals surface area contributed by atoms with Gasteiger partial charge in [-0.1, -0.05) is 52.0 Å². The molecule has 1 unspecified atom stereocenters. The van der Waals surface area contributed by atoms with Crippen molar-refractivity contribution in [2.75, 3.05) is 13.2 Å². The molecular weight excluding hydrogens is 394 g/mol. The summed E-state index contributed by atoms with van der Waals surface area (Å²) >= 11 is 0. The van der Waals surface area contributed by atoms with Crippen LogP contribution in [0.1, 0.15) is 67.2 Å². The number of nitrogens with two attached hydrogens (primary N) is 1. The molecule has 0 bridgehead atoms. The molecule has 30 heavy (non-hydrogen) atoms. The molecule has 6 heteroatoms. The zero-order valence-corrected chi connectivity index (χ0v) is 20.7. The quantitative estimate of drug-likeness (QED) is 0.445. The van der Waals surface area contributed by atoms with E-state index < -0.39 is 9.71 Å². The molecule has 1 fully saturated rings. The normalized spacial score (nSPS) is 21.1. The van der Waals surface area contributed by atoms with E-state index in [1.165, 1.54) is 0 Å². The third-order valence-electron chi connectivity index (χ3n) is 4.68. The van der Waals surface area contributed by atoms with E-state index in [2.05, 4.69) is 10.9 Å². The Bertz CT molecular complexity index is 707. The Hall–Kier alpha value is -1.63. The van der Waals surface area contributed by atoms with E-state index in [0.29, 0.717) is 18.2 Å². The van der Waals surface area contributed by atoms with Gasteiger partial charge in [-0.15, -0.1) is 0 Å². The van der Waals surface area contributed by atoms with Gasteiger partial charge in [0.25, 0.3) is 0 Å². The van der Waals surface area contributed by atoms with Crippen molar-refractivity contribution < 1.29 is 8.95 Å². The summed E-state index contributed by atoms with van der Waals surface area (Å²) in [4.78, 5) is 4.30. The Morgan fingerprint density at radius 1 is 1.17 bits per heavy atom. The van der Waals surface area contributed by atoms with Crippen LogP contribution in [0.2, 0.25) is 0 Å². The van der Waals surface area contributed by atoms with Crippen LogP contribution in [0.4, 0.5) is 0 Å². The highest BCUT2D eigenvalue weighted by Crippen LogP contribution is 2.27. The first-order chi connectivity index (χ1) is 14.5. The summed E-state index contributed by atoms with van der Waals surface area (Å²) in [5.41, 5.74) is 6.05. The number of ether oxygens (including phenoxy) is 1. The molecule has 1 saturated carbocycles. The van der Waals surface area contributed by atoms with Gasteiger partial charge in [0.15, 0.2) is 0 Å². The average molecular weight is 438 g/mol. The highest BCUT2D eigenvalue weighted by atomic mass is 32.2. The Kier molecular flexibility index (Phi) is 15.2. The molecule has 2 N–H and O–H groups in total. The van der Waals surface area contributed by atoms with E-state index in [9.17, 15) is 4.21 Å². The van der Waals surface area contributed by atoms with Crippen LogP contribution in [0.25, 0.3) is 0 Å². The van der Waals surface area contributed by atoms with Gasteiger partial charge in [0.2, 0.25) is 0 Å². The number of nitrogens with zero attached hydrogens (tertiary/aromatic N) is 2. The molecule has 1 aliphatic rings. The van der Waals surface area contributed by atoms with Gasteiger partial charge < -0.3 is 10.5 Å². The maximum Gasteiger partial charge on any atom is 0.128 e. The molecule has 1 atom stereocenters. The summed E-state index contributed by atoms with van der Waals surface area (Å²) in [6.45, 7) is 12.7. The van der Waals surface area contributed by atoms with Gasteiger partial charge in [-0.2, -0.15) is 0 Å². The summed E-state index contributed by atoms with van der Waals surface area (Å²) in [6.07, 6.45) is 7.18. The van der Waals surface area contributed by atoms with Crippen LogP contribution in [0, 0.1) is 0 Å². The first-order valence-electron chi connectivity index (χ1n) is 11.2. The van der Waals surface area contributed by atoms with Crippen molar-refractivity contribution in [3.8, 4) is 5.75 Å². The molecule has 0 aliphatic heterocycles. The number of allylic oxidation sites excluding steroid dienone is 1. The molecule has 0 heterocycles. The van der Waals surface area contributed by atoms with Crippen LogP contribution in [0.5, 0.6) is 5.75 Å². The van der Waals surface area contributed by atoms with Gasteiger partial charge in [-0.05, 0) is 57.5 Å².